The Morgan fingerprint density at radius 2 is 2.30 bits per heavy atom. The number of benzene rings is 1. The number of hydrogen-bond acceptors (Lipinski definition) is 7. The van der Waals surface area contributed by atoms with Gasteiger partial charge < -0.3 is 15.6 Å². The van der Waals surface area contributed by atoms with Crippen LogP contribution >= 0.6 is 11.6 Å². The van der Waals surface area contributed by atoms with Crippen molar-refractivity contribution in [1.82, 2.24) is 15.5 Å². The quantitative estimate of drug-likeness (QED) is 0.490. The molecule has 20 heavy (non-hydrogen) atoms. The number of amides is 1. The molecule has 104 valence electrons. The molecule has 0 bridgehead atoms. The Morgan fingerprint density at radius 1 is 1.55 bits per heavy atom. The number of carbonyl (C=O) groups excluding carboxylic acids is 1. The van der Waals surface area contributed by atoms with E-state index >= 15 is 0 Å². The van der Waals surface area contributed by atoms with Crippen molar-refractivity contribution < 1.29 is 14.2 Å². The number of carbonyl (C=O) groups is 1. The van der Waals surface area contributed by atoms with Gasteiger partial charge >= 0.3 is 0 Å². The van der Waals surface area contributed by atoms with Crippen LogP contribution in [0.25, 0.3) is 0 Å². The highest BCUT2D eigenvalue weighted by molar-refractivity contribution is 6.34. The van der Waals surface area contributed by atoms with Crippen molar-refractivity contribution in [2.75, 3.05) is 5.73 Å². The van der Waals surface area contributed by atoms with E-state index in [0.717, 1.165) is 12.5 Å². The third-order valence-corrected chi connectivity index (χ3v) is 2.69. The third-order valence-electron chi connectivity index (χ3n) is 2.38. The fourth-order valence-electron chi connectivity index (χ4n) is 1.42. The predicted molar refractivity (Wildman–Crippen MR) is 68.0 cm³/mol. The molecule has 0 unspecified atom stereocenters. The molecule has 0 aliphatic rings. The molecule has 3 N–H and O–H groups in total. The summed E-state index contributed by atoms with van der Waals surface area (Å²) < 4.78 is 4.50. The van der Waals surface area contributed by atoms with E-state index in [0.29, 0.717) is 0 Å². The number of nitrogen functional groups attached to an aromatic ring is 1. The third kappa shape index (κ3) is 2.83. The maximum atomic E-state index is 11.9. The van der Waals surface area contributed by atoms with Gasteiger partial charge in [-0.05, 0) is 6.07 Å². The van der Waals surface area contributed by atoms with Crippen LogP contribution in [0.1, 0.15) is 16.2 Å². The second-order valence-corrected chi connectivity index (χ2v) is 4.09. The minimum absolute atomic E-state index is 0.0133. The molecule has 2 aromatic rings. The lowest BCUT2D eigenvalue weighted by Crippen LogP contribution is -2.23. The van der Waals surface area contributed by atoms with Crippen LogP contribution < -0.4 is 11.1 Å². The monoisotopic (exact) mass is 297 g/mol. The zero-order valence-corrected chi connectivity index (χ0v) is 10.6. The molecule has 1 amide bonds. The van der Waals surface area contributed by atoms with Gasteiger partial charge in [0.05, 0.1) is 16.5 Å². The van der Waals surface area contributed by atoms with Crippen LogP contribution in [0.3, 0.4) is 0 Å². The summed E-state index contributed by atoms with van der Waals surface area (Å²) in [6.45, 7) is 0.0190. The van der Waals surface area contributed by atoms with Crippen molar-refractivity contribution in [3.05, 3.63) is 45.1 Å². The van der Waals surface area contributed by atoms with E-state index < -0.39 is 16.5 Å². The molecule has 0 fully saturated rings. The normalized spacial score (nSPS) is 10.2. The number of nitrogens with one attached hydrogen (secondary N) is 1. The summed E-state index contributed by atoms with van der Waals surface area (Å²) in [5.41, 5.74) is 4.86. The van der Waals surface area contributed by atoms with Crippen LogP contribution in [-0.2, 0) is 6.54 Å². The number of nitro groups is 1. The maximum absolute atomic E-state index is 11.9. The molecule has 0 aliphatic carbocycles. The molecular weight excluding hydrogens is 290 g/mol. The number of nitrogens with zero attached hydrogens (tertiary/aromatic N) is 3. The lowest BCUT2D eigenvalue weighted by molar-refractivity contribution is -0.383. The van der Waals surface area contributed by atoms with E-state index in [-0.39, 0.29) is 28.6 Å². The van der Waals surface area contributed by atoms with Gasteiger partial charge in [-0.25, -0.2) is 0 Å². The Labute approximate surface area is 116 Å². The Balaban J connectivity index is 2.19. The molecule has 1 aromatic heterocycles. The zero-order chi connectivity index (χ0) is 14.7. The van der Waals surface area contributed by atoms with Crippen LogP contribution in [0.15, 0.2) is 23.0 Å². The SMILES string of the molecule is Nc1c(Cl)cc(C(=O)NCc2ncon2)cc1[N+](=O)[O-]. The first-order valence-electron chi connectivity index (χ1n) is 5.26. The molecule has 0 radical (unpaired) electrons. The van der Waals surface area contributed by atoms with Crippen molar-refractivity contribution in [3.8, 4) is 0 Å². The molecular formula is C10H8ClN5O4. The smallest absolute Gasteiger partial charge is 0.294 e. The first-order valence-corrected chi connectivity index (χ1v) is 5.63. The largest absolute Gasteiger partial charge is 0.392 e. The van der Waals surface area contributed by atoms with E-state index in [1.54, 1.807) is 0 Å². The number of hydrogen-bond donors (Lipinski definition) is 2. The molecule has 1 heterocycles. The van der Waals surface area contributed by atoms with Gasteiger partial charge in [0.2, 0.25) is 6.39 Å². The van der Waals surface area contributed by atoms with E-state index in [1.165, 1.54) is 6.07 Å². The summed E-state index contributed by atoms with van der Waals surface area (Å²) in [5.74, 6) is -0.297. The summed E-state index contributed by atoms with van der Waals surface area (Å²) in [7, 11) is 0. The summed E-state index contributed by atoms with van der Waals surface area (Å²) in [4.78, 5) is 25.7. The fourth-order valence-corrected chi connectivity index (χ4v) is 1.63. The van der Waals surface area contributed by atoms with Gasteiger partial charge in [-0.2, -0.15) is 4.98 Å². The molecule has 0 saturated heterocycles. The van der Waals surface area contributed by atoms with E-state index in [2.05, 4.69) is 20.0 Å². The van der Waals surface area contributed by atoms with Gasteiger partial charge in [-0.3, -0.25) is 14.9 Å². The highest BCUT2D eigenvalue weighted by Crippen LogP contribution is 2.30. The van der Waals surface area contributed by atoms with Gasteiger partial charge in [0.1, 0.15) is 5.69 Å². The number of anilines is 1. The number of rotatable bonds is 4. The van der Waals surface area contributed by atoms with Crippen molar-refractivity contribution in [2.45, 2.75) is 6.54 Å². The molecule has 1 aromatic carbocycles. The lowest BCUT2D eigenvalue weighted by Gasteiger charge is -2.05. The van der Waals surface area contributed by atoms with Crippen LogP contribution in [0.5, 0.6) is 0 Å². The van der Waals surface area contributed by atoms with E-state index in [9.17, 15) is 14.9 Å². The highest BCUT2D eigenvalue weighted by Gasteiger charge is 2.19. The molecule has 9 nitrogen and oxygen atoms in total. The summed E-state index contributed by atoms with van der Waals surface area (Å²) in [5, 5.41) is 16.7. The second kappa shape index (κ2) is 5.53. The number of aromatic nitrogens is 2. The minimum Gasteiger partial charge on any atom is -0.392 e. The van der Waals surface area contributed by atoms with Gasteiger partial charge in [0.15, 0.2) is 5.82 Å². The van der Waals surface area contributed by atoms with Crippen molar-refractivity contribution in [3.63, 3.8) is 0 Å². The molecule has 0 saturated carbocycles. The predicted octanol–water partition coefficient (Wildman–Crippen LogP) is 1.14. The maximum Gasteiger partial charge on any atom is 0.294 e. The highest BCUT2D eigenvalue weighted by atomic mass is 35.5. The second-order valence-electron chi connectivity index (χ2n) is 3.68. The van der Waals surface area contributed by atoms with Crippen LogP contribution in [-0.4, -0.2) is 21.0 Å². The molecule has 2 rings (SSSR count). The lowest BCUT2D eigenvalue weighted by atomic mass is 10.1. The summed E-state index contributed by atoms with van der Waals surface area (Å²) in [6.07, 6.45) is 1.12. The molecule has 0 spiro atoms. The Bertz CT molecular complexity index is 658. The van der Waals surface area contributed by atoms with Gasteiger partial charge in [0.25, 0.3) is 11.6 Å². The Morgan fingerprint density at radius 3 is 2.90 bits per heavy atom. The Hall–Kier alpha value is -2.68. The van der Waals surface area contributed by atoms with Gasteiger partial charge in [0, 0.05) is 11.6 Å². The van der Waals surface area contributed by atoms with Crippen LogP contribution in [0.2, 0.25) is 5.02 Å². The summed E-state index contributed by atoms with van der Waals surface area (Å²) in [6, 6.07) is 2.29. The Kier molecular flexibility index (Phi) is 3.80. The molecule has 0 aliphatic heterocycles. The average Bonchev–Trinajstić information content (AvgIpc) is 2.91. The average molecular weight is 298 g/mol. The molecule has 10 heteroatoms. The van der Waals surface area contributed by atoms with Crippen molar-refractivity contribution in [1.29, 1.82) is 0 Å². The van der Waals surface area contributed by atoms with Crippen molar-refractivity contribution in [2.24, 2.45) is 0 Å². The standard InChI is InChI=1S/C10H8ClN5O4/c11-6-1-5(2-7(9(6)12)16(18)19)10(17)13-3-8-14-4-20-15-8/h1-2,4H,3,12H2,(H,13,17). The number of halogens is 1. The minimum atomic E-state index is -0.711. The first kappa shape index (κ1) is 13.7. The van der Waals surface area contributed by atoms with E-state index in [4.69, 9.17) is 17.3 Å². The van der Waals surface area contributed by atoms with Gasteiger partial charge in [-0.1, -0.05) is 16.8 Å². The van der Waals surface area contributed by atoms with E-state index in [1.807, 2.05) is 0 Å². The topological polar surface area (TPSA) is 137 Å². The van der Waals surface area contributed by atoms with Crippen LogP contribution in [0.4, 0.5) is 11.4 Å². The zero-order valence-electron chi connectivity index (χ0n) is 9.87. The molecule has 0 atom stereocenters. The van der Waals surface area contributed by atoms with Gasteiger partial charge in [-0.15, -0.1) is 0 Å². The van der Waals surface area contributed by atoms with Crippen LogP contribution in [0, 0.1) is 10.1 Å². The first-order chi connectivity index (χ1) is 9.49. The van der Waals surface area contributed by atoms with Crippen molar-refractivity contribution >= 4 is 28.9 Å². The summed E-state index contributed by atoms with van der Waals surface area (Å²) >= 11 is 5.76. The number of nitrogens with two attached hydrogens (primary N) is 1. The fraction of sp³-hybridized carbons (Fsp3) is 0.100. The number of nitro benzene ring substituents is 1.